The summed E-state index contributed by atoms with van der Waals surface area (Å²) >= 11 is 1.83. The minimum atomic E-state index is 0.165. The third-order valence-electron chi connectivity index (χ3n) is 6.49. The molecular formula is C24H30N4O3S. The van der Waals surface area contributed by atoms with E-state index in [1.165, 1.54) is 34.2 Å². The van der Waals surface area contributed by atoms with Crippen LogP contribution in [0.1, 0.15) is 34.9 Å². The lowest BCUT2D eigenvalue weighted by atomic mass is 9.97. The van der Waals surface area contributed by atoms with Crippen molar-refractivity contribution in [3.8, 4) is 11.5 Å². The van der Waals surface area contributed by atoms with Gasteiger partial charge in [0.25, 0.3) is 0 Å². The molecule has 0 spiro atoms. The molecule has 0 bridgehead atoms. The highest BCUT2D eigenvalue weighted by atomic mass is 32.1. The number of morpholine rings is 1. The van der Waals surface area contributed by atoms with Gasteiger partial charge in [-0.05, 0) is 48.9 Å². The standard InChI is InChI=1S/C24H30N4O3S/c1-29-19-8-7-16(13-20(19)30-2)18(28-9-11-31-12-10-28)14-25-23-22-17-5-3-4-6-21(17)32-24(22)27-15-26-23/h7-8,13,15,18H,3-6,9-12,14H2,1-2H3,(H,25,26,27)/t18-/m1/s1. The second-order valence-electron chi connectivity index (χ2n) is 8.27. The molecule has 1 aliphatic carbocycles. The van der Waals surface area contributed by atoms with Gasteiger partial charge in [-0.15, -0.1) is 11.3 Å². The smallest absolute Gasteiger partial charge is 0.161 e. The Hall–Kier alpha value is -2.42. The lowest BCUT2D eigenvalue weighted by Crippen LogP contribution is -2.41. The topological polar surface area (TPSA) is 68.7 Å². The number of nitrogens with one attached hydrogen (secondary N) is 1. The van der Waals surface area contributed by atoms with E-state index < -0.39 is 0 Å². The lowest BCUT2D eigenvalue weighted by Gasteiger charge is -2.35. The summed E-state index contributed by atoms with van der Waals surface area (Å²) in [4.78, 5) is 14.3. The zero-order valence-electron chi connectivity index (χ0n) is 18.7. The molecular weight excluding hydrogens is 424 g/mol. The molecule has 1 atom stereocenters. The van der Waals surface area contributed by atoms with Crippen LogP contribution in [-0.4, -0.2) is 61.9 Å². The Labute approximate surface area is 192 Å². The van der Waals surface area contributed by atoms with Crippen molar-refractivity contribution < 1.29 is 14.2 Å². The molecule has 0 amide bonds. The molecule has 3 heterocycles. The number of rotatable bonds is 7. The van der Waals surface area contributed by atoms with Gasteiger partial charge in [-0.2, -0.15) is 0 Å². The molecule has 5 rings (SSSR count). The van der Waals surface area contributed by atoms with Crippen LogP contribution in [0.4, 0.5) is 5.82 Å². The number of ether oxygens (including phenoxy) is 3. The monoisotopic (exact) mass is 454 g/mol. The Bertz CT molecular complexity index is 1080. The van der Waals surface area contributed by atoms with Crippen molar-refractivity contribution in [1.82, 2.24) is 14.9 Å². The Kier molecular flexibility index (Phi) is 6.43. The van der Waals surface area contributed by atoms with E-state index in [9.17, 15) is 0 Å². The first-order valence-corrected chi connectivity index (χ1v) is 12.1. The van der Waals surface area contributed by atoms with Crippen molar-refractivity contribution >= 4 is 27.4 Å². The predicted molar refractivity (Wildman–Crippen MR) is 127 cm³/mol. The average molecular weight is 455 g/mol. The van der Waals surface area contributed by atoms with Gasteiger partial charge in [-0.1, -0.05) is 6.07 Å². The third-order valence-corrected chi connectivity index (χ3v) is 7.69. The van der Waals surface area contributed by atoms with Crippen LogP contribution in [0.25, 0.3) is 10.2 Å². The first-order valence-electron chi connectivity index (χ1n) is 11.3. The summed E-state index contributed by atoms with van der Waals surface area (Å²) in [5.74, 6) is 2.44. The van der Waals surface area contributed by atoms with Gasteiger partial charge in [0, 0.05) is 24.5 Å². The van der Waals surface area contributed by atoms with E-state index in [1.54, 1.807) is 20.5 Å². The van der Waals surface area contributed by atoms with Crippen molar-refractivity contribution in [1.29, 1.82) is 0 Å². The van der Waals surface area contributed by atoms with Crippen LogP contribution in [0.3, 0.4) is 0 Å². The summed E-state index contributed by atoms with van der Waals surface area (Å²) in [6, 6.07) is 6.37. The first kappa shape index (κ1) is 21.4. The largest absolute Gasteiger partial charge is 0.493 e. The summed E-state index contributed by atoms with van der Waals surface area (Å²) in [6.07, 6.45) is 6.49. The molecule has 3 aromatic rings. The van der Waals surface area contributed by atoms with Gasteiger partial charge < -0.3 is 19.5 Å². The normalized spacial score (nSPS) is 17.7. The summed E-state index contributed by atoms with van der Waals surface area (Å²) in [5, 5.41) is 4.91. The second-order valence-corrected chi connectivity index (χ2v) is 9.36. The fourth-order valence-electron chi connectivity index (χ4n) is 4.82. The van der Waals surface area contributed by atoms with E-state index >= 15 is 0 Å². The molecule has 170 valence electrons. The number of aryl methyl sites for hydroxylation is 2. The highest BCUT2D eigenvalue weighted by Gasteiger charge is 2.25. The van der Waals surface area contributed by atoms with Crippen LogP contribution in [0.15, 0.2) is 24.5 Å². The molecule has 2 aliphatic rings. The van der Waals surface area contributed by atoms with Crippen LogP contribution >= 0.6 is 11.3 Å². The van der Waals surface area contributed by atoms with Gasteiger partial charge >= 0.3 is 0 Å². The summed E-state index contributed by atoms with van der Waals surface area (Å²) in [7, 11) is 3.35. The molecule has 0 unspecified atom stereocenters. The number of fused-ring (bicyclic) bond motifs is 3. The number of aromatic nitrogens is 2. The van der Waals surface area contributed by atoms with Crippen LogP contribution in [0.2, 0.25) is 0 Å². The highest BCUT2D eigenvalue weighted by Crippen LogP contribution is 2.39. The average Bonchev–Trinajstić information content (AvgIpc) is 3.24. The second kappa shape index (κ2) is 9.60. The molecule has 1 aromatic carbocycles. The predicted octanol–water partition coefficient (Wildman–Crippen LogP) is 4.07. The van der Waals surface area contributed by atoms with Crippen molar-refractivity contribution in [2.24, 2.45) is 0 Å². The number of nitrogens with zero attached hydrogens (tertiary/aromatic N) is 3. The highest BCUT2D eigenvalue weighted by molar-refractivity contribution is 7.19. The molecule has 0 radical (unpaired) electrons. The molecule has 7 nitrogen and oxygen atoms in total. The van der Waals surface area contributed by atoms with E-state index in [-0.39, 0.29) is 6.04 Å². The number of methoxy groups -OCH3 is 2. The van der Waals surface area contributed by atoms with Gasteiger partial charge in [-0.25, -0.2) is 9.97 Å². The number of thiophene rings is 1. The van der Waals surface area contributed by atoms with E-state index in [2.05, 4.69) is 32.3 Å². The van der Waals surface area contributed by atoms with Crippen LogP contribution in [-0.2, 0) is 17.6 Å². The first-order chi connectivity index (χ1) is 15.8. The molecule has 0 saturated carbocycles. The van der Waals surface area contributed by atoms with Crippen LogP contribution in [0.5, 0.6) is 11.5 Å². The van der Waals surface area contributed by atoms with E-state index in [4.69, 9.17) is 14.2 Å². The van der Waals surface area contributed by atoms with E-state index in [0.717, 1.165) is 67.8 Å². The van der Waals surface area contributed by atoms with Crippen LogP contribution < -0.4 is 14.8 Å². The molecule has 1 aliphatic heterocycles. The van der Waals surface area contributed by atoms with Gasteiger partial charge in [0.1, 0.15) is 17.0 Å². The molecule has 32 heavy (non-hydrogen) atoms. The molecule has 1 N–H and O–H groups in total. The Balaban J connectivity index is 1.46. The number of benzene rings is 1. The minimum absolute atomic E-state index is 0.165. The van der Waals surface area contributed by atoms with Crippen LogP contribution in [0, 0.1) is 0 Å². The SMILES string of the molecule is COc1ccc([C@@H](CNc2ncnc3sc4c(c23)CCCC4)N2CCOCC2)cc1OC. The minimum Gasteiger partial charge on any atom is -0.493 e. The Morgan fingerprint density at radius 2 is 1.91 bits per heavy atom. The van der Waals surface area contributed by atoms with Gasteiger partial charge in [0.05, 0.1) is 38.9 Å². The summed E-state index contributed by atoms with van der Waals surface area (Å²) in [5.41, 5.74) is 2.64. The van der Waals surface area contributed by atoms with Crippen molar-refractivity contribution in [3.05, 3.63) is 40.5 Å². The maximum absolute atomic E-state index is 5.61. The molecule has 8 heteroatoms. The fraction of sp³-hybridized carbons (Fsp3) is 0.500. The quantitative estimate of drug-likeness (QED) is 0.577. The van der Waals surface area contributed by atoms with Gasteiger partial charge in [0.15, 0.2) is 11.5 Å². The van der Waals surface area contributed by atoms with Crippen molar-refractivity contribution in [2.75, 3.05) is 52.4 Å². The number of hydrogen-bond donors (Lipinski definition) is 1. The summed E-state index contributed by atoms with van der Waals surface area (Å²) in [6.45, 7) is 4.03. The fourth-order valence-corrected chi connectivity index (χ4v) is 6.05. The van der Waals surface area contributed by atoms with E-state index in [0.29, 0.717) is 0 Å². The Morgan fingerprint density at radius 3 is 2.72 bits per heavy atom. The summed E-state index contributed by atoms with van der Waals surface area (Å²) < 4.78 is 16.6. The third kappa shape index (κ3) is 4.14. The maximum atomic E-state index is 5.61. The van der Waals surface area contributed by atoms with Crippen molar-refractivity contribution in [3.63, 3.8) is 0 Å². The van der Waals surface area contributed by atoms with Crippen molar-refractivity contribution in [2.45, 2.75) is 31.7 Å². The van der Waals surface area contributed by atoms with Gasteiger partial charge in [-0.3, -0.25) is 4.90 Å². The van der Waals surface area contributed by atoms with E-state index in [1.807, 2.05) is 17.4 Å². The zero-order chi connectivity index (χ0) is 21.9. The Morgan fingerprint density at radius 1 is 1.09 bits per heavy atom. The molecule has 1 fully saturated rings. The maximum Gasteiger partial charge on any atom is 0.161 e. The zero-order valence-corrected chi connectivity index (χ0v) is 19.5. The van der Waals surface area contributed by atoms with Gasteiger partial charge in [0.2, 0.25) is 0 Å². The lowest BCUT2D eigenvalue weighted by molar-refractivity contribution is 0.0186. The number of anilines is 1. The number of hydrogen-bond acceptors (Lipinski definition) is 8. The molecule has 2 aromatic heterocycles. The molecule has 1 saturated heterocycles.